The zero-order valence-corrected chi connectivity index (χ0v) is 10.5. The van der Waals surface area contributed by atoms with Gasteiger partial charge in [-0.15, -0.1) is 0 Å². The average Bonchev–Trinajstić information content (AvgIpc) is 2.18. The van der Waals surface area contributed by atoms with Crippen LogP contribution in [0.15, 0.2) is 0 Å². The summed E-state index contributed by atoms with van der Waals surface area (Å²) >= 11 is 2.01. The third-order valence-electron chi connectivity index (χ3n) is 2.79. The van der Waals surface area contributed by atoms with E-state index in [4.69, 9.17) is 5.73 Å². The second-order valence-electron chi connectivity index (χ2n) is 4.24. The number of rotatable bonds is 4. The predicted octanol–water partition coefficient (Wildman–Crippen LogP) is 1.51. The lowest BCUT2D eigenvalue weighted by atomic mass is 9.95. The van der Waals surface area contributed by atoms with Gasteiger partial charge in [0, 0.05) is 11.3 Å². The second-order valence-corrected chi connectivity index (χ2v) is 5.82. The molecule has 0 spiro atoms. The molecule has 1 saturated carbocycles. The first-order valence-corrected chi connectivity index (χ1v) is 6.86. The molecule has 88 valence electrons. The highest BCUT2D eigenvalue weighted by atomic mass is 32.2. The Labute approximate surface area is 96.6 Å². The second kappa shape index (κ2) is 6.38. The lowest BCUT2D eigenvalue weighted by Crippen LogP contribution is -2.45. The molecule has 0 aromatic heterocycles. The molecule has 4 heteroatoms. The zero-order chi connectivity index (χ0) is 11.3. The first-order valence-electron chi connectivity index (χ1n) is 5.81. The smallest absolute Gasteiger partial charge is 0.236 e. The Hall–Kier alpha value is -0.220. The van der Waals surface area contributed by atoms with Gasteiger partial charge in [-0.2, -0.15) is 11.8 Å². The number of hydrogen-bond acceptors (Lipinski definition) is 3. The van der Waals surface area contributed by atoms with Crippen molar-refractivity contribution < 1.29 is 4.79 Å². The summed E-state index contributed by atoms with van der Waals surface area (Å²) in [7, 11) is 0. The third-order valence-corrected chi connectivity index (χ3v) is 4.02. The molecule has 0 aromatic carbocycles. The van der Waals surface area contributed by atoms with Gasteiger partial charge in [0.2, 0.25) is 5.91 Å². The Morgan fingerprint density at radius 2 is 2.33 bits per heavy atom. The van der Waals surface area contributed by atoms with Crippen molar-refractivity contribution in [1.29, 1.82) is 0 Å². The van der Waals surface area contributed by atoms with Crippen LogP contribution >= 0.6 is 11.8 Å². The number of carbonyl (C=O) groups is 1. The summed E-state index contributed by atoms with van der Waals surface area (Å²) in [6.07, 6.45) is 4.74. The van der Waals surface area contributed by atoms with Crippen molar-refractivity contribution in [3.63, 3.8) is 0 Å². The van der Waals surface area contributed by atoms with E-state index in [1.807, 2.05) is 11.8 Å². The topological polar surface area (TPSA) is 55.1 Å². The average molecular weight is 230 g/mol. The first kappa shape index (κ1) is 12.8. The van der Waals surface area contributed by atoms with E-state index in [1.54, 1.807) is 6.92 Å². The van der Waals surface area contributed by atoms with E-state index in [9.17, 15) is 4.79 Å². The van der Waals surface area contributed by atoms with Crippen molar-refractivity contribution in [2.45, 2.75) is 56.9 Å². The van der Waals surface area contributed by atoms with Crippen LogP contribution in [0.3, 0.4) is 0 Å². The van der Waals surface area contributed by atoms with Crippen molar-refractivity contribution >= 4 is 17.7 Å². The van der Waals surface area contributed by atoms with Gasteiger partial charge < -0.3 is 11.1 Å². The highest BCUT2D eigenvalue weighted by Gasteiger charge is 2.23. The lowest BCUT2D eigenvalue weighted by molar-refractivity contribution is -0.122. The summed E-state index contributed by atoms with van der Waals surface area (Å²) in [6, 6.07) is -0.0366. The Morgan fingerprint density at radius 1 is 1.60 bits per heavy atom. The largest absolute Gasteiger partial charge is 0.352 e. The molecule has 0 aromatic rings. The predicted molar refractivity (Wildman–Crippen MR) is 66.0 cm³/mol. The van der Waals surface area contributed by atoms with Gasteiger partial charge in [-0.05, 0) is 31.9 Å². The van der Waals surface area contributed by atoms with Gasteiger partial charge in [0.05, 0.1) is 6.04 Å². The van der Waals surface area contributed by atoms with Crippen LogP contribution in [0.5, 0.6) is 0 Å². The minimum Gasteiger partial charge on any atom is -0.352 e. The highest BCUT2D eigenvalue weighted by molar-refractivity contribution is 7.99. The number of nitrogens with two attached hydrogens (primary N) is 1. The maximum absolute atomic E-state index is 11.4. The standard InChI is InChI=1S/C11H22N2OS/c1-3-15-10-6-4-5-9(7-10)13-11(14)8(2)12/h8-10H,3-7,12H2,1-2H3,(H,13,14)/t8-,9?,10?/m1/s1. The minimum absolute atomic E-state index is 0.0119. The van der Waals surface area contributed by atoms with Crippen molar-refractivity contribution in [2.24, 2.45) is 5.73 Å². The fourth-order valence-electron chi connectivity index (χ4n) is 2.00. The Morgan fingerprint density at radius 3 is 2.93 bits per heavy atom. The molecule has 0 aliphatic heterocycles. The maximum atomic E-state index is 11.4. The maximum Gasteiger partial charge on any atom is 0.236 e. The van der Waals surface area contributed by atoms with E-state index in [0.29, 0.717) is 6.04 Å². The molecule has 0 heterocycles. The van der Waals surface area contributed by atoms with Crippen LogP contribution in [0.25, 0.3) is 0 Å². The van der Waals surface area contributed by atoms with E-state index in [0.717, 1.165) is 18.1 Å². The first-order chi connectivity index (χ1) is 7.13. The number of amides is 1. The lowest BCUT2D eigenvalue weighted by Gasteiger charge is -2.29. The van der Waals surface area contributed by atoms with E-state index >= 15 is 0 Å². The van der Waals surface area contributed by atoms with Crippen molar-refractivity contribution in [2.75, 3.05) is 5.75 Å². The molecule has 0 bridgehead atoms. The van der Waals surface area contributed by atoms with Crippen LogP contribution in [-0.2, 0) is 4.79 Å². The Kier molecular flexibility index (Phi) is 5.47. The molecule has 3 nitrogen and oxygen atoms in total. The van der Waals surface area contributed by atoms with Gasteiger partial charge in [0.25, 0.3) is 0 Å². The molecule has 1 aliphatic rings. The highest BCUT2D eigenvalue weighted by Crippen LogP contribution is 2.28. The van der Waals surface area contributed by atoms with E-state index < -0.39 is 0 Å². The van der Waals surface area contributed by atoms with Gasteiger partial charge in [-0.3, -0.25) is 4.79 Å². The molecule has 1 rings (SSSR count). The van der Waals surface area contributed by atoms with Gasteiger partial charge >= 0.3 is 0 Å². The minimum atomic E-state index is -0.385. The summed E-state index contributed by atoms with van der Waals surface area (Å²) in [5.74, 6) is 1.15. The molecule has 1 amide bonds. The number of thioether (sulfide) groups is 1. The molecule has 1 aliphatic carbocycles. The molecule has 2 unspecified atom stereocenters. The van der Waals surface area contributed by atoms with Crippen molar-refractivity contribution in [1.82, 2.24) is 5.32 Å². The number of hydrogen-bond donors (Lipinski definition) is 2. The quantitative estimate of drug-likeness (QED) is 0.770. The van der Waals surface area contributed by atoms with Crippen LogP contribution < -0.4 is 11.1 Å². The summed E-state index contributed by atoms with van der Waals surface area (Å²) in [4.78, 5) is 11.4. The third kappa shape index (κ3) is 4.43. The molecule has 0 radical (unpaired) electrons. The number of carbonyl (C=O) groups excluding carboxylic acids is 1. The van der Waals surface area contributed by atoms with E-state index in [-0.39, 0.29) is 11.9 Å². The van der Waals surface area contributed by atoms with Gasteiger partial charge in [0.1, 0.15) is 0 Å². The molecular formula is C11H22N2OS. The fraction of sp³-hybridized carbons (Fsp3) is 0.909. The van der Waals surface area contributed by atoms with Crippen LogP contribution in [-0.4, -0.2) is 29.0 Å². The van der Waals surface area contributed by atoms with E-state index in [1.165, 1.54) is 18.6 Å². The Balaban J connectivity index is 2.32. The summed E-state index contributed by atoms with van der Waals surface area (Å²) in [5.41, 5.74) is 5.53. The molecule has 0 saturated heterocycles. The van der Waals surface area contributed by atoms with Gasteiger partial charge in [-0.1, -0.05) is 13.3 Å². The van der Waals surface area contributed by atoms with Gasteiger partial charge in [-0.25, -0.2) is 0 Å². The van der Waals surface area contributed by atoms with E-state index in [2.05, 4.69) is 12.2 Å². The van der Waals surface area contributed by atoms with Crippen LogP contribution in [0.2, 0.25) is 0 Å². The van der Waals surface area contributed by atoms with Crippen molar-refractivity contribution in [3.05, 3.63) is 0 Å². The zero-order valence-electron chi connectivity index (χ0n) is 9.66. The molecule has 1 fully saturated rings. The number of nitrogens with one attached hydrogen (secondary N) is 1. The Bertz CT molecular complexity index is 207. The summed E-state index contributed by atoms with van der Waals surface area (Å²) in [6.45, 7) is 3.92. The molecule has 3 atom stereocenters. The molecule has 3 N–H and O–H groups in total. The summed E-state index contributed by atoms with van der Waals surface area (Å²) < 4.78 is 0. The monoisotopic (exact) mass is 230 g/mol. The SMILES string of the molecule is CCSC1CCCC(NC(=O)[C@@H](C)N)C1. The van der Waals surface area contributed by atoms with Crippen LogP contribution in [0.4, 0.5) is 0 Å². The normalized spacial score (nSPS) is 28.5. The van der Waals surface area contributed by atoms with Crippen LogP contribution in [0.1, 0.15) is 39.5 Å². The van der Waals surface area contributed by atoms with Crippen LogP contribution in [0, 0.1) is 0 Å². The molecular weight excluding hydrogens is 208 g/mol. The molecule has 15 heavy (non-hydrogen) atoms. The van der Waals surface area contributed by atoms with Crippen molar-refractivity contribution in [3.8, 4) is 0 Å². The summed E-state index contributed by atoms with van der Waals surface area (Å²) in [5, 5.41) is 3.75. The fourth-order valence-corrected chi connectivity index (χ4v) is 3.17. The van der Waals surface area contributed by atoms with Gasteiger partial charge in [0.15, 0.2) is 0 Å².